The van der Waals surface area contributed by atoms with Crippen LogP contribution in [0.25, 0.3) is 0 Å². The number of hydrogen-bond acceptors (Lipinski definition) is 2. The van der Waals surface area contributed by atoms with Crippen LogP contribution in [-0.4, -0.2) is 15.0 Å². The lowest BCUT2D eigenvalue weighted by molar-refractivity contribution is 0.474. The van der Waals surface area contributed by atoms with Crippen LogP contribution in [0.1, 0.15) is 84.3 Å². The van der Waals surface area contributed by atoms with Crippen molar-refractivity contribution < 1.29 is 0 Å². The minimum Gasteiger partial charge on any atom is -0.249 e. The number of hydrogen-bond donors (Lipinski definition) is 0. The second-order valence-corrected chi connectivity index (χ2v) is 6.12. The monoisotopic (exact) mass is 279 g/mol. The predicted octanol–water partition coefficient (Wildman–Crippen LogP) is 5.01. The van der Waals surface area contributed by atoms with Gasteiger partial charge in [-0.3, -0.25) is 0 Å². The summed E-state index contributed by atoms with van der Waals surface area (Å²) in [7, 11) is 0. The molecular formula is C17H33N3. The second kappa shape index (κ2) is 10.9. The van der Waals surface area contributed by atoms with Gasteiger partial charge in [0.25, 0.3) is 0 Å². The molecule has 20 heavy (non-hydrogen) atoms. The Balaban J connectivity index is 2.15. The second-order valence-electron chi connectivity index (χ2n) is 6.12. The summed E-state index contributed by atoms with van der Waals surface area (Å²) in [6, 6.07) is 0. The van der Waals surface area contributed by atoms with E-state index in [-0.39, 0.29) is 0 Å². The molecule has 116 valence electrons. The fourth-order valence-corrected chi connectivity index (χ4v) is 2.48. The Morgan fingerprint density at radius 3 is 2.45 bits per heavy atom. The Labute approximate surface area is 125 Å². The molecule has 1 heterocycles. The first kappa shape index (κ1) is 17.2. The molecule has 0 aliphatic heterocycles. The smallest absolute Gasteiger partial charge is 0.0725 e. The van der Waals surface area contributed by atoms with Crippen LogP contribution in [0.2, 0.25) is 0 Å². The lowest BCUT2D eigenvalue weighted by atomic mass is 10.0. The van der Waals surface area contributed by atoms with Gasteiger partial charge in [0.05, 0.1) is 11.9 Å². The van der Waals surface area contributed by atoms with Gasteiger partial charge in [-0.2, -0.15) is 0 Å². The molecule has 1 aromatic heterocycles. The van der Waals surface area contributed by atoms with Crippen molar-refractivity contribution in [2.24, 2.45) is 5.92 Å². The van der Waals surface area contributed by atoms with Crippen molar-refractivity contribution in [3.63, 3.8) is 0 Å². The molecule has 0 N–H and O–H groups in total. The van der Waals surface area contributed by atoms with E-state index in [1.54, 1.807) is 0 Å². The zero-order valence-electron chi connectivity index (χ0n) is 13.8. The summed E-state index contributed by atoms with van der Waals surface area (Å²) >= 11 is 0. The average Bonchev–Trinajstić information content (AvgIpc) is 2.91. The molecule has 0 radical (unpaired) electrons. The maximum absolute atomic E-state index is 4.23. The zero-order valence-corrected chi connectivity index (χ0v) is 13.8. The van der Waals surface area contributed by atoms with Crippen molar-refractivity contribution in [1.29, 1.82) is 0 Å². The predicted molar refractivity (Wildman–Crippen MR) is 85.8 cm³/mol. The molecule has 0 aliphatic rings. The highest BCUT2D eigenvalue weighted by Gasteiger charge is 2.06. The minimum atomic E-state index is 0.803. The van der Waals surface area contributed by atoms with Crippen molar-refractivity contribution in [3.05, 3.63) is 11.9 Å². The average molecular weight is 279 g/mol. The third kappa shape index (κ3) is 7.06. The molecule has 0 bridgehead atoms. The van der Waals surface area contributed by atoms with Crippen LogP contribution >= 0.6 is 0 Å². The topological polar surface area (TPSA) is 30.7 Å². The standard InChI is InChI=1S/C17H33N3/c1-4-6-7-8-9-10-11-14-20-17(15-18-19-20)13-12-16(3)5-2/h15-16H,4-14H2,1-3H3. The molecule has 0 amide bonds. The maximum Gasteiger partial charge on any atom is 0.0725 e. The van der Waals surface area contributed by atoms with Crippen LogP contribution in [-0.2, 0) is 13.0 Å². The van der Waals surface area contributed by atoms with Gasteiger partial charge in [0.2, 0.25) is 0 Å². The van der Waals surface area contributed by atoms with E-state index in [9.17, 15) is 0 Å². The maximum atomic E-state index is 4.23. The quantitative estimate of drug-likeness (QED) is 0.504. The van der Waals surface area contributed by atoms with Crippen molar-refractivity contribution in [1.82, 2.24) is 15.0 Å². The highest BCUT2D eigenvalue weighted by molar-refractivity contribution is 4.94. The van der Waals surface area contributed by atoms with Gasteiger partial charge in [-0.1, -0.05) is 70.9 Å². The number of unbranched alkanes of at least 4 members (excludes halogenated alkanes) is 6. The lowest BCUT2D eigenvalue weighted by Gasteiger charge is -2.09. The number of nitrogens with zero attached hydrogens (tertiary/aromatic N) is 3. The minimum absolute atomic E-state index is 0.803. The number of aryl methyl sites for hydroxylation is 2. The van der Waals surface area contributed by atoms with Crippen LogP contribution in [0, 0.1) is 5.92 Å². The number of aromatic nitrogens is 3. The lowest BCUT2D eigenvalue weighted by Crippen LogP contribution is -2.07. The van der Waals surface area contributed by atoms with Crippen molar-refractivity contribution >= 4 is 0 Å². The molecule has 3 nitrogen and oxygen atoms in total. The third-order valence-electron chi connectivity index (χ3n) is 4.26. The molecule has 0 saturated carbocycles. The molecule has 0 spiro atoms. The Hall–Kier alpha value is -0.860. The Kier molecular flexibility index (Phi) is 9.35. The summed E-state index contributed by atoms with van der Waals surface area (Å²) in [6.45, 7) is 7.90. The summed E-state index contributed by atoms with van der Waals surface area (Å²) < 4.78 is 2.12. The van der Waals surface area contributed by atoms with Crippen LogP contribution in [0.15, 0.2) is 6.20 Å². The van der Waals surface area contributed by atoms with E-state index in [0.717, 1.165) is 18.9 Å². The molecule has 1 aromatic rings. The zero-order chi connectivity index (χ0) is 14.6. The van der Waals surface area contributed by atoms with Crippen molar-refractivity contribution in [2.75, 3.05) is 0 Å². The molecule has 0 saturated heterocycles. The van der Waals surface area contributed by atoms with E-state index in [1.165, 1.54) is 63.5 Å². The molecule has 1 atom stereocenters. The summed E-state index contributed by atoms with van der Waals surface area (Å²) in [5, 5.41) is 8.31. The van der Waals surface area contributed by atoms with Crippen LogP contribution < -0.4 is 0 Å². The fourth-order valence-electron chi connectivity index (χ4n) is 2.48. The van der Waals surface area contributed by atoms with E-state index in [2.05, 4.69) is 35.8 Å². The van der Waals surface area contributed by atoms with Gasteiger partial charge in [-0.05, 0) is 25.2 Å². The van der Waals surface area contributed by atoms with E-state index in [4.69, 9.17) is 0 Å². The molecule has 0 aromatic carbocycles. The molecule has 3 heteroatoms. The molecule has 1 unspecified atom stereocenters. The van der Waals surface area contributed by atoms with Crippen LogP contribution in [0.3, 0.4) is 0 Å². The number of rotatable bonds is 12. The van der Waals surface area contributed by atoms with Gasteiger partial charge in [0, 0.05) is 6.54 Å². The first-order chi connectivity index (χ1) is 9.77. The van der Waals surface area contributed by atoms with Crippen molar-refractivity contribution in [2.45, 2.75) is 91.5 Å². The van der Waals surface area contributed by atoms with Gasteiger partial charge < -0.3 is 0 Å². The van der Waals surface area contributed by atoms with Crippen molar-refractivity contribution in [3.8, 4) is 0 Å². The van der Waals surface area contributed by atoms with Gasteiger partial charge in [-0.25, -0.2) is 4.68 Å². The largest absolute Gasteiger partial charge is 0.249 e. The Morgan fingerprint density at radius 2 is 1.75 bits per heavy atom. The molecule has 0 fully saturated rings. The van der Waals surface area contributed by atoms with Crippen LogP contribution in [0.5, 0.6) is 0 Å². The van der Waals surface area contributed by atoms with E-state index < -0.39 is 0 Å². The van der Waals surface area contributed by atoms with Gasteiger partial charge in [0.1, 0.15) is 0 Å². The summed E-state index contributed by atoms with van der Waals surface area (Å²) in [5.41, 5.74) is 1.32. The molecular weight excluding hydrogens is 246 g/mol. The van der Waals surface area contributed by atoms with E-state index in [1.807, 2.05) is 6.20 Å². The summed E-state index contributed by atoms with van der Waals surface area (Å²) in [4.78, 5) is 0. The first-order valence-electron chi connectivity index (χ1n) is 8.65. The highest BCUT2D eigenvalue weighted by Crippen LogP contribution is 2.12. The fraction of sp³-hybridized carbons (Fsp3) is 0.882. The van der Waals surface area contributed by atoms with Gasteiger partial charge in [0.15, 0.2) is 0 Å². The van der Waals surface area contributed by atoms with Gasteiger partial charge >= 0.3 is 0 Å². The summed E-state index contributed by atoms with van der Waals surface area (Å²) in [5.74, 6) is 0.803. The van der Waals surface area contributed by atoms with E-state index >= 15 is 0 Å². The Bertz CT molecular complexity index is 333. The Morgan fingerprint density at radius 1 is 1.05 bits per heavy atom. The third-order valence-corrected chi connectivity index (χ3v) is 4.26. The SMILES string of the molecule is CCCCCCCCCn1nncc1CCC(C)CC. The van der Waals surface area contributed by atoms with E-state index in [0.29, 0.717) is 0 Å². The highest BCUT2D eigenvalue weighted by atomic mass is 15.4. The molecule has 1 rings (SSSR count). The van der Waals surface area contributed by atoms with Gasteiger partial charge in [-0.15, -0.1) is 5.10 Å². The molecule has 0 aliphatic carbocycles. The normalized spacial score (nSPS) is 12.8. The first-order valence-corrected chi connectivity index (χ1v) is 8.65. The summed E-state index contributed by atoms with van der Waals surface area (Å²) in [6.07, 6.45) is 15.0. The van der Waals surface area contributed by atoms with Crippen LogP contribution in [0.4, 0.5) is 0 Å².